The lowest BCUT2D eigenvalue weighted by atomic mass is 10.1. The molecule has 160 valence electrons. The highest BCUT2D eigenvalue weighted by molar-refractivity contribution is 7.89. The summed E-state index contributed by atoms with van der Waals surface area (Å²) >= 11 is 0. The quantitative estimate of drug-likeness (QED) is 0.725. The summed E-state index contributed by atoms with van der Waals surface area (Å²) < 4.78 is 31.1. The molecular formula is C21H25N3O5S. The van der Waals surface area contributed by atoms with Gasteiger partial charge in [0.05, 0.1) is 24.1 Å². The molecule has 2 amide bonds. The van der Waals surface area contributed by atoms with Crippen molar-refractivity contribution in [3.05, 3.63) is 48.0 Å². The Morgan fingerprint density at radius 3 is 2.43 bits per heavy atom. The summed E-state index contributed by atoms with van der Waals surface area (Å²) in [6.07, 6.45) is 1.52. The number of nitrogens with one attached hydrogen (secondary N) is 1. The summed E-state index contributed by atoms with van der Waals surface area (Å²) in [4.78, 5) is 26.2. The Morgan fingerprint density at radius 1 is 1.17 bits per heavy atom. The molecule has 30 heavy (non-hydrogen) atoms. The van der Waals surface area contributed by atoms with E-state index in [1.165, 1.54) is 39.4 Å². The van der Waals surface area contributed by atoms with Crippen LogP contribution < -0.4 is 15.0 Å². The van der Waals surface area contributed by atoms with Crippen molar-refractivity contribution in [3.8, 4) is 5.75 Å². The summed E-state index contributed by atoms with van der Waals surface area (Å²) in [5, 5.41) is 2.73. The number of ether oxygens (including phenoxy) is 1. The van der Waals surface area contributed by atoms with Crippen LogP contribution in [-0.4, -0.2) is 52.3 Å². The van der Waals surface area contributed by atoms with Gasteiger partial charge in [-0.1, -0.05) is 12.1 Å². The molecule has 1 aliphatic rings. The number of nitrogens with zero attached hydrogens (tertiary/aromatic N) is 2. The summed E-state index contributed by atoms with van der Waals surface area (Å²) in [6.45, 7) is 0.713. The Morgan fingerprint density at radius 2 is 1.87 bits per heavy atom. The van der Waals surface area contributed by atoms with Gasteiger partial charge in [-0.05, 0) is 42.3 Å². The maximum atomic E-state index is 12.5. The van der Waals surface area contributed by atoms with Crippen LogP contribution in [0.2, 0.25) is 0 Å². The topological polar surface area (TPSA) is 96.0 Å². The molecular weight excluding hydrogens is 406 g/mol. The molecule has 0 saturated carbocycles. The normalized spacial score (nSPS) is 14.3. The first kappa shape index (κ1) is 21.8. The molecule has 0 radical (unpaired) electrons. The molecule has 0 atom stereocenters. The lowest BCUT2D eigenvalue weighted by Gasteiger charge is -2.16. The third kappa shape index (κ3) is 4.63. The van der Waals surface area contributed by atoms with Crippen LogP contribution in [0.5, 0.6) is 5.75 Å². The second kappa shape index (κ2) is 8.85. The number of methoxy groups -OCH3 is 1. The number of amides is 2. The number of carbonyl (C=O) groups excluding carboxylic acids is 2. The molecule has 1 N–H and O–H groups in total. The molecule has 1 aliphatic heterocycles. The van der Waals surface area contributed by atoms with Crippen LogP contribution in [0.15, 0.2) is 47.4 Å². The Bertz CT molecular complexity index is 1050. The zero-order chi connectivity index (χ0) is 21.9. The average Bonchev–Trinajstić information content (AvgIpc) is 3.14. The van der Waals surface area contributed by atoms with Crippen molar-refractivity contribution in [2.75, 3.05) is 38.0 Å². The standard InChI is InChI=1S/C21H25N3O5S/c1-23(2)30(27,28)17-10-11-19(29-3)18(14-17)22-20(25)13-15-6-8-16(9-7-15)24-12-4-5-21(24)26/h6-11,14H,4-5,12-13H2,1-3H3,(H,22,25). The number of carbonyl (C=O) groups is 2. The second-order valence-electron chi connectivity index (χ2n) is 7.19. The van der Waals surface area contributed by atoms with Crippen molar-refractivity contribution in [3.63, 3.8) is 0 Å². The van der Waals surface area contributed by atoms with Gasteiger partial charge >= 0.3 is 0 Å². The smallest absolute Gasteiger partial charge is 0.242 e. The second-order valence-corrected chi connectivity index (χ2v) is 9.34. The van der Waals surface area contributed by atoms with Crippen LogP contribution in [0.1, 0.15) is 18.4 Å². The highest BCUT2D eigenvalue weighted by Gasteiger charge is 2.22. The van der Waals surface area contributed by atoms with Crippen molar-refractivity contribution < 1.29 is 22.7 Å². The molecule has 2 aromatic rings. The molecule has 1 saturated heterocycles. The Kier molecular flexibility index (Phi) is 6.42. The Labute approximate surface area is 176 Å². The number of hydrogen-bond donors (Lipinski definition) is 1. The van der Waals surface area contributed by atoms with Crippen molar-refractivity contribution in [2.24, 2.45) is 0 Å². The lowest BCUT2D eigenvalue weighted by Crippen LogP contribution is -2.23. The summed E-state index contributed by atoms with van der Waals surface area (Å²) in [7, 11) is 0.689. The highest BCUT2D eigenvalue weighted by atomic mass is 32.2. The lowest BCUT2D eigenvalue weighted by molar-refractivity contribution is -0.117. The summed E-state index contributed by atoms with van der Waals surface area (Å²) in [5.74, 6) is 0.168. The van der Waals surface area contributed by atoms with E-state index in [4.69, 9.17) is 4.74 Å². The molecule has 0 bridgehead atoms. The van der Waals surface area contributed by atoms with Crippen LogP contribution in [0, 0.1) is 0 Å². The van der Waals surface area contributed by atoms with Gasteiger partial charge in [-0.3, -0.25) is 9.59 Å². The Balaban J connectivity index is 1.73. The van der Waals surface area contributed by atoms with E-state index in [1.54, 1.807) is 4.90 Å². The predicted molar refractivity (Wildman–Crippen MR) is 114 cm³/mol. The van der Waals surface area contributed by atoms with Gasteiger partial charge < -0.3 is 15.0 Å². The fourth-order valence-electron chi connectivity index (χ4n) is 3.25. The first-order valence-corrected chi connectivity index (χ1v) is 11.0. The maximum Gasteiger partial charge on any atom is 0.242 e. The number of anilines is 2. The molecule has 0 unspecified atom stereocenters. The SMILES string of the molecule is COc1ccc(S(=O)(=O)N(C)C)cc1NC(=O)Cc1ccc(N2CCCC2=O)cc1. The van der Waals surface area contributed by atoms with E-state index in [0.717, 1.165) is 22.0 Å². The summed E-state index contributed by atoms with van der Waals surface area (Å²) in [5.41, 5.74) is 1.88. The third-order valence-electron chi connectivity index (χ3n) is 4.91. The largest absolute Gasteiger partial charge is 0.495 e. The van der Waals surface area contributed by atoms with E-state index in [-0.39, 0.29) is 28.8 Å². The van der Waals surface area contributed by atoms with E-state index in [9.17, 15) is 18.0 Å². The van der Waals surface area contributed by atoms with Gasteiger partial charge in [-0.15, -0.1) is 0 Å². The van der Waals surface area contributed by atoms with E-state index in [1.807, 2.05) is 24.3 Å². The molecule has 0 aliphatic carbocycles. The van der Waals surface area contributed by atoms with Crippen LogP contribution >= 0.6 is 0 Å². The van der Waals surface area contributed by atoms with Crippen molar-refractivity contribution in [1.82, 2.24) is 4.31 Å². The zero-order valence-corrected chi connectivity index (χ0v) is 18.0. The van der Waals surface area contributed by atoms with Gasteiger partial charge in [0.1, 0.15) is 5.75 Å². The molecule has 3 rings (SSSR count). The first-order valence-electron chi connectivity index (χ1n) is 9.52. The Hall–Kier alpha value is -2.91. The monoisotopic (exact) mass is 431 g/mol. The fourth-order valence-corrected chi connectivity index (χ4v) is 4.18. The van der Waals surface area contributed by atoms with Crippen molar-refractivity contribution >= 4 is 33.2 Å². The van der Waals surface area contributed by atoms with Gasteiger partial charge in [-0.2, -0.15) is 0 Å². The fraction of sp³-hybridized carbons (Fsp3) is 0.333. The van der Waals surface area contributed by atoms with Crippen LogP contribution in [0.3, 0.4) is 0 Å². The molecule has 2 aromatic carbocycles. The number of sulfonamides is 1. The van der Waals surface area contributed by atoms with Gasteiger partial charge in [-0.25, -0.2) is 12.7 Å². The van der Waals surface area contributed by atoms with E-state index in [0.29, 0.717) is 18.7 Å². The average molecular weight is 432 g/mol. The van der Waals surface area contributed by atoms with Crippen LogP contribution in [-0.2, 0) is 26.0 Å². The van der Waals surface area contributed by atoms with Crippen molar-refractivity contribution in [1.29, 1.82) is 0 Å². The van der Waals surface area contributed by atoms with Gasteiger partial charge in [0.25, 0.3) is 0 Å². The number of rotatable bonds is 7. The molecule has 1 heterocycles. The van der Waals surface area contributed by atoms with Gasteiger partial charge in [0, 0.05) is 32.7 Å². The minimum Gasteiger partial charge on any atom is -0.495 e. The highest BCUT2D eigenvalue weighted by Crippen LogP contribution is 2.29. The van der Waals surface area contributed by atoms with Crippen molar-refractivity contribution in [2.45, 2.75) is 24.2 Å². The minimum absolute atomic E-state index is 0.0585. The number of benzene rings is 2. The molecule has 9 heteroatoms. The summed E-state index contributed by atoms with van der Waals surface area (Å²) in [6, 6.07) is 11.6. The van der Waals surface area contributed by atoms with Gasteiger partial charge in [0.15, 0.2) is 0 Å². The minimum atomic E-state index is -3.64. The zero-order valence-electron chi connectivity index (χ0n) is 17.2. The van der Waals surface area contributed by atoms with Crippen LogP contribution in [0.25, 0.3) is 0 Å². The van der Waals surface area contributed by atoms with E-state index in [2.05, 4.69) is 5.32 Å². The van der Waals surface area contributed by atoms with E-state index >= 15 is 0 Å². The first-order chi connectivity index (χ1) is 14.2. The molecule has 0 aromatic heterocycles. The molecule has 0 spiro atoms. The van der Waals surface area contributed by atoms with Gasteiger partial charge in [0.2, 0.25) is 21.8 Å². The van der Waals surface area contributed by atoms with E-state index < -0.39 is 10.0 Å². The third-order valence-corrected chi connectivity index (χ3v) is 6.72. The van der Waals surface area contributed by atoms with Crippen LogP contribution in [0.4, 0.5) is 11.4 Å². The predicted octanol–water partition coefficient (Wildman–Crippen LogP) is 2.25. The molecule has 8 nitrogen and oxygen atoms in total. The molecule has 1 fully saturated rings. The maximum absolute atomic E-state index is 12.5. The number of hydrogen-bond acceptors (Lipinski definition) is 5.